The molecule has 0 N–H and O–H groups in total. The minimum atomic E-state index is -0.0150. The first kappa shape index (κ1) is 20.3. The number of carbonyl (C=O) groups excluding carboxylic acids is 2. The highest BCUT2D eigenvalue weighted by Gasteiger charge is 2.34. The van der Waals surface area contributed by atoms with Gasteiger partial charge in [0.2, 0.25) is 5.91 Å². The zero-order valence-electron chi connectivity index (χ0n) is 17.7. The molecule has 0 atom stereocenters. The average molecular weight is 408 g/mol. The summed E-state index contributed by atoms with van der Waals surface area (Å²) in [4.78, 5) is 31.6. The molecule has 0 bridgehead atoms. The number of ether oxygens (including phenoxy) is 1. The van der Waals surface area contributed by atoms with E-state index in [2.05, 4.69) is 11.0 Å². The minimum Gasteiger partial charge on any atom is -0.492 e. The summed E-state index contributed by atoms with van der Waals surface area (Å²) in [6, 6.07) is 15.5. The Hall–Kier alpha value is -3.02. The van der Waals surface area contributed by atoms with Crippen LogP contribution in [0.15, 0.2) is 48.5 Å². The zero-order valence-corrected chi connectivity index (χ0v) is 17.7. The van der Waals surface area contributed by atoms with Crippen LogP contribution in [0.25, 0.3) is 0 Å². The number of anilines is 2. The number of amides is 2. The van der Waals surface area contributed by atoms with E-state index in [-0.39, 0.29) is 17.7 Å². The first-order valence-electron chi connectivity index (χ1n) is 10.7. The van der Waals surface area contributed by atoms with Crippen molar-refractivity contribution < 1.29 is 14.3 Å². The Balaban J connectivity index is 1.46. The third-order valence-corrected chi connectivity index (χ3v) is 5.83. The largest absolute Gasteiger partial charge is 0.492 e. The summed E-state index contributed by atoms with van der Waals surface area (Å²) in [5, 5.41) is 0. The Bertz CT molecular complexity index is 917. The maximum absolute atomic E-state index is 13.3. The van der Waals surface area contributed by atoms with Crippen LogP contribution >= 0.6 is 0 Å². The molecule has 0 aromatic heterocycles. The highest BCUT2D eigenvalue weighted by molar-refractivity contribution is 6.05. The number of hydrogen-bond acceptors (Lipinski definition) is 4. The minimum absolute atomic E-state index is 0.0150. The third-order valence-electron chi connectivity index (χ3n) is 5.83. The Kier molecular flexibility index (Phi) is 5.93. The lowest BCUT2D eigenvalue weighted by Gasteiger charge is -2.37. The lowest BCUT2D eigenvalue weighted by molar-refractivity contribution is -0.119. The van der Waals surface area contributed by atoms with Gasteiger partial charge in [-0.3, -0.25) is 9.59 Å². The number of piperazine rings is 1. The maximum atomic E-state index is 13.3. The molecule has 4 rings (SSSR count). The Morgan fingerprint density at radius 1 is 1.00 bits per heavy atom. The monoisotopic (exact) mass is 407 g/mol. The van der Waals surface area contributed by atoms with Crippen molar-refractivity contribution in [3.05, 3.63) is 54.1 Å². The molecule has 0 unspecified atom stereocenters. The summed E-state index contributed by atoms with van der Waals surface area (Å²) in [5.41, 5.74) is 2.36. The van der Waals surface area contributed by atoms with E-state index in [9.17, 15) is 9.59 Å². The summed E-state index contributed by atoms with van der Waals surface area (Å²) in [6.45, 7) is 5.36. The summed E-state index contributed by atoms with van der Waals surface area (Å²) < 4.78 is 5.76. The van der Waals surface area contributed by atoms with E-state index in [4.69, 9.17) is 4.74 Å². The molecular weight excluding hydrogens is 378 g/mol. The first-order chi connectivity index (χ1) is 14.6. The molecule has 2 aliphatic rings. The second-order valence-electron chi connectivity index (χ2n) is 7.87. The molecular formula is C24H29N3O3. The number of hydrogen-bond donors (Lipinski definition) is 0. The van der Waals surface area contributed by atoms with E-state index in [1.165, 1.54) is 0 Å². The van der Waals surface area contributed by atoms with Crippen LogP contribution in [0.5, 0.6) is 5.75 Å². The predicted molar refractivity (Wildman–Crippen MR) is 118 cm³/mol. The first-order valence-corrected chi connectivity index (χ1v) is 10.7. The summed E-state index contributed by atoms with van der Waals surface area (Å²) in [6.07, 6.45) is 1.90. The van der Waals surface area contributed by atoms with Gasteiger partial charge in [-0.25, -0.2) is 0 Å². The molecule has 2 aromatic carbocycles. The topological polar surface area (TPSA) is 53.1 Å². The van der Waals surface area contributed by atoms with E-state index in [0.29, 0.717) is 30.9 Å². The van der Waals surface area contributed by atoms with Crippen molar-refractivity contribution in [2.24, 2.45) is 5.92 Å². The summed E-state index contributed by atoms with van der Waals surface area (Å²) in [5.74, 6) is 1.09. The molecule has 2 aromatic rings. The van der Waals surface area contributed by atoms with E-state index in [0.717, 1.165) is 37.4 Å². The van der Waals surface area contributed by atoms with E-state index < -0.39 is 0 Å². The van der Waals surface area contributed by atoms with Crippen molar-refractivity contribution >= 4 is 23.2 Å². The van der Waals surface area contributed by atoms with Gasteiger partial charge in [0.15, 0.2) is 0 Å². The molecule has 6 heteroatoms. The molecule has 0 spiro atoms. The van der Waals surface area contributed by atoms with Gasteiger partial charge in [0.1, 0.15) is 5.75 Å². The molecule has 1 heterocycles. The Labute approximate surface area is 178 Å². The van der Waals surface area contributed by atoms with Gasteiger partial charge in [0, 0.05) is 39.1 Å². The second kappa shape index (κ2) is 8.78. The SMILES string of the molecule is CCOc1ccccc1N1CCN(C(=O)c2ccccc2N(C)C(=O)C2CC2)CC1. The molecule has 0 radical (unpaired) electrons. The van der Waals surface area contributed by atoms with Gasteiger partial charge in [0.05, 0.1) is 23.5 Å². The number of para-hydroxylation sites is 3. The number of carbonyl (C=O) groups is 2. The molecule has 1 aliphatic heterocycles. The van der Waals surface area contributed by atoms with Crippen LogP contribution in [0.1, 0.15) is 30.1 Å². The third kappa shape index (κ3) is 4.13. The molecule has 1 saturated carbocycles. The standard InChI is InChI=1S/C24H29N3O3/c1-3-30-22-11-7-6-10-21(22)26-14-16-27(17-15-26)24(29)19-8-4-5-9-20(19)25(2)23(28)18-12-13-18/h4-11,18H,3,12-17H2,1-2H3. The van der Waals surface area contributed by atoms with Gasteiger partial charge < -0.3 is 19.4 Å². The molecule has 1 aliphatic carbocycles. The van der Waals surface area contributed by atoms with Gasteiger partial charge in [-0.2, -0.15) is 0 Å². The van der Waals surface area contributed by atoms with Gasteiger partial charge in [-0.1, -0.05) is 24.3 Å². The maximum Gasteiger partial charge on any atom is 0.256 e. The summed E-state index contributed by atoms with van der Waals surface area (Å²) in [7, 11) is 1.77. The van der Waals surface area contributed by atoms with Crippen LogP contribution in [0, 0.1) is 5.92 Å². The van der Waals surface area contributed by atoms with Gasteiger partial charge >= 0.3 is 0 Å². The van der Waals surface area contributed by atoms with Crippen molar-refractivity contribution in [1.82, 2.24) is 4.90 Å². The quantitative estimate of drug-likeness (QED) is 0.736. The molecule has 6 nitrogen and oxygen atoms in total. The Morgan fingerprint density at radius 2 is 1.67 bits per heavy atom. The van der Waals surface area contributed by atoms with Crippen molar-refractivity contribution in [3.8, 4) is 5.75 Å². The van der Waals surface area contributed by atoms with Crippen LogP contribution in [-0.2, 0) is 4.79 Å². The molecule has 30 heavy (non-hydrogen) atoms. The van der Waals surface area contributed by atoms with Crippen molar-refractivity contribution in [3.63, 3.8) is 0 Å². The van der Waals surface area contributed by atoms with E-state index >= 15 is 0 Å². The van der Waals surface area contributed by atoms with Crippen molar-refractivity contribution in [2.75, 3.05) is 49.6 Å². The fourth-order valence-electron chi connectivity index (χ4n) is 3.99. The van der Waals surface area contributed by atoms with Crippen LogP contribution in [0.2, 0.25) is 0 Å². The Morgan fingerprint density at radius 3 is 2.37 bits per heavy atom. The fourth-order valence-corrected chi connectivity index (χ4v) is 3.99. The fraction of sp³-hybridized carbons (Fsp3) is 0.417. The molecule has 2 fully saturated rings. The molecule has 2 amide bonds. The number of rotatable bonds is 6. The van der Waals surface area contributed by atoms with Crippen LogP contribution in [0.4, 0.5) is 11.4 Å². The average Bonchev–Trinajstić information content (AvgIpc) is 3.64. The lowest BCUT2D eigenvalue weighted by Crippen LogP contribution is -2.49. The van der Waals surface area contributed by atoms with Crippen LogP contribution in [0.3, 0.4) is 0 Å². The lowest BCUT2D eigenvalue weighted by atomic mass is 10.1. The highest BCUT2D eigenvalue weighted by atomic mass is 16.5. The summed E-state index contributed by atoms with van der Waals surface area (Å²) >= 11 is 0. The van der Waals surface area contributed by atoms with Gasteiger partial charge in [0.25, 0.3) is 5.91 Å². The van der Waals surface area contributed by atoms with Gasteiger partial charge in [-0.15, -0.1) is 0 Å². The van der Waals surface area contributed by atoms with Crippen LogP contribution in [-0.4, -0.2) is 56.5 Å². The van der Waals surface area contributed by atoms with Gasteiger partial charge in [-0.05, 0) is 44.0 Å². The number of nitrogens with zero attached hydrogens (tertiary/aromatic N) is 3. The van der Waals surface area contributed by atoms with Crippen molar-refractivity contribution in [1.29, 1.82) is 0 Å². The van der Waals surface area contributed by atoms with E-state index in [1.807, 2.05) is 54.3 Å². The number of benzene rings is 2. The van der Waals surface area contributed by atoms with Crippen molar-refractivity contribution in [2.45, 2.75) is 19.8 Å². The predicted octanol–water partition coefficient (Wildman–Crippen LogP) is 3.42. The normalized spacial score (nSPS) is 16.3. The molecule has 1 saturated heterocycles. The smallest absolute Gasteiger partial charge is 0.256 e. The molecule has 158 valence electrons. The zero-order chi connectivity index (χ0) is 21.1. The highest BCUT2D eigenvalue weighted by Crippen LogP contribution is 2.33. The van der Waals surface area contributed by atoms with Crippen LogP contribution < -0.4 is 14.5 Å². The van der Waals surface area contributed by atoms with E-state index in [1.54, 1.807) is 11.9 Å². The second-order valence-corrected chi connectivity index (χ2v) is 7.87.